The summed E-state index contributed by atoms with van der Waals surface area (Å²) in [6, 6.07) is 2.44. The molecule has 2 aromatic heterocycles. The van der Waals surface area contributed by atoms with Gasteiger partial charge in [0.05, 0.1) is 24.0 Å². The van der Waals surface area contributed by atoms with Gasteiger partial charge >= 0.3 is 0 Å². The van der Waals surface area contributed by atoms with Crippen LogP contribution in [0.5, 0.6) is 0 Å². The molecule has 132 valence electrons. The van der Waals surface area contributed by atoms with Crippen molar-refractivity contribution < 1.29 is 0 Å². The molecule has 0 saturated carbocycles. The van der Waals surface area contributed by atoms with E-state index in [1.54, 1.807) is 0 Å². The first-order chi connectivity index (χ1) is 12.1. The lowest BCUT2D eigenvalue weighted by Gasteiger charge is -2.37. The van der Waals surface area contributed by atoms with Gasteiger partial charge in [-0.3, -0.25) is 14.6 Å². The van der Waals surface area contributed by atoms with E-state index in [0.29, 0.717) is 12.0 Å². The van der Waals surface area contributed by atoms with Crippen molar-refractivity contribution in [3.05, 3.63) is 34.8 Å². The summed E-state index contributed by atoms with van der Waals surface area (Å²) in [5, 5.41) is 9.18. The van der Waals surface area contributed by atoms with Gasteiger partial charge in [-0.2, -0.15) is 5.10 Å². The highest BCUT2D eigenvalue weighted by atomic mass is 79.9. The van der Waals surface area contributed by atoms with Gasteiger partial charge in [-0.15, -0.1) is 0 Å². The lowest BCUT2D eigenvalue weighted by Crippen LogP contribution is -2.48. The summed E-state index contributed by atoms with van der Waals surface area (Å²) in [4.78, 5) is 11.4. The molecule has 0 amide bonds. The monoisotopic (exact) mass is 402 g/mol. The van der Waals surface area contributed by atoms with Crippen LogP contribution in [0.15, 0.2) is 39.8 Å². The molecule has 0 aromatic carbocycles. The predicted molar refractivity (Wildman–Crippen MR) is 103 cm³/mol. The number of nitrogens with one attached hydrogen (secondary N) is 1. The number of halogens is 1. The fraction of sp³-hybridized carbons (Fsp3) is 0.500. The Labute approximate surface area is 156 Å². The minimum Gasteiger partial charge on any atom is -0.357 e. The largest absolute Gasteiger partial charge is 0.357 e. The molecule has 25 heavy (non-hydrogen) atoms. The van der Waals surface area contributed by atoms with Crippen LogP contribution in [0.2, 0.25) is 0 Å². The van der Waals surface area contributed by atoms with Crippen LogP contribution in [0.1, 0.15) is 32.7 Å². The van der Waals surface area contributed by atoms with Crippen LogP contribution in [0, 0.1) is 5.92 Å². The predicted octanol–water partition coefficient (Wildman–Crippen LogP) is 3.33. The van der Waals surface area contributed by atoms with Crippen molar-refractivity contribution in [2.45, 2.75) is 39.0 Å². The van der Waals surface area contributed by atoms with Gasteiger partial charge in [0.1, 0.15) is 4.60 Å². The van der Waals surface area contributed by atoms with Crippen LogP contribution < -0.4 is 5.32 Å². The molecule has 2 aliphatic heterocycles. The van der Waals surface area contributed by atoms with Crippen molar-refractivity contribution >= 4 is 33.0 Å². The number of hydrogen-bond donors (Lipinski definition) is 1. The number of allylic oxidation sites excluding steroid dienone is 1. The summed E-state index contributed by atoms with van der Waals surface area (Å²) in [6.07, 6.45) is 10.2. The Kier molecular flexibility index (Phi) is 4.60. The lowest BCUT2D eigenvalue weighted by atomic mass is 10.0. The number of pyridine rings is 1. The van der Waals surface area contributed by atoms with Crippen LogP contribution in [0.4, 0.5) is 0 Å². The summed E-state index contributed by atoms with van der Waals surface area (Å²) in [5.74, 6) is 0.504. The van der Waals surface area contributed by atoms with Gasteiger partial charge in [0.2, 0.25) is 0 Å². The molecule has 0 bridgehead atoms. The number of aliphatic imine (C=N–C) groups is 1. The normalized spacial score (nSPS) is 22.4. The van der Waals surface area contributed by atoms with Gasteiger partial charge in [0.15, 0.2) is 6.29 Å². The second kappa shape index (κ2) is 6.88. The third kappa shape index (κ3) is 3.35. The average molecular weight is 403 g/mol. The Bertz CT molecular complexity index is 816. The molecule has 1 atom stereocenters. The summed E-state index contributed by atoms with van der Waals surface area (Å²) >= 11 is 3.42. The molecular formula is C18H23BrN6. The van der Waals surface area contributed by atoms with E-state index in [1.165, 1.54) is 5.57 Å². The fourth-order valence-corrected chi connectivity index (χ4v) is 3.86. The molecule has 4 rings (SSSR count). The topological polar surface area (TPSA) is 58.3 Å². The third-order valence-corrected chi connectivity index (χ3v) is 5.50. The molecule has 7 heteroatoms. The Balaban J connectivity index is 1.41. The minimum atomic E-state index is 0.0652. The molecule has 1 fully saturated rings. The highest BCUT2D eigenvalue weighted by Gasteiger charge is 2.27. The zero-order chi connectivity index (χ0) is 17.4. The molecule has 0 spiro atoms. The zero-order valence-corrected chi connectivity index (χ0v) is 16.1. The Hall–Kier alpha value is -1.73. The van der Waals surface area contributed by atoms with Gasteiger partial charge in [-0.05, 0) is 46.3 Å². The standard InChI is InChI=1S/C18H23BrN6/c1-12(2)14-8-21-18(22-9-14)24-5-3-15(4-6-24)25-16-11-20-17(19)7-13(16)10-23-25/h7-12,15,18,21H,3-6H2,1-2H3. The van der Waals surface area contributed by atoms with Gasteiger partial charge < -0.3 is 5.32 Å². The number of hydrogen-bond acceptors (Lipinski definition) is 5. The third-order valence-electron chi connectivity index (χ3n) is 5.07. The van der Waals surface area contributed by atoms with Crippen LogP contribution >= 0.6 is 15.9 Å². The van der Waals surface area contributed by atoms with E-state index in [1.807, 2.05) is 24.7 Å². The first kappa shape index (κ1) is 16.7. The van der Waals surface area contributed by atoms with Crippen molar-refractivity contribution in [2.75, 3.05) is 13.1 Å². The molecule has 2 aliphatic rings. The van der Waals surface area contributed by atoms with E-state index >= 15 is 0 Å². The van der Waals surface area contributed by atoms with E-state index in [4.69, 9.17) is 0 Å². The van der Waals surface area contributed by atoms with Crippen molar-refractivity contribution in [1.29, 1.82) is 0 Å². The molecular weight excluding hydrogens is 380 g/mol. The SMILES string of the molecule is CC(C)C1=CNC(N2CCC(n3ncc4cc(Br)ncc43)CC2)N=C1. The van der Waals surface area contributed by atoms with Gasteiger partial charge in [0.25, 0.3) is 0 Å². The van der Waals surface area contributed by atoms with Crippen LogP contribution in [0.25, 0.3) is 10.9 Å². The number of piperidine rings is 1. The average Bonchev–Trinajstić information content (AvgIpc) is 3.05. The highest BCUT2D eigenvalue weighted by Crippen LogP contribution is 2.28. The Morgan fingerprint density at radius 1 is 1.24 bits per heavy atom. The first-order valence-electron chi connectivity index (χ1n) is 8.84. The van der Waals surface area contributed by atoms with E-state index in [0.717, 1.165) is 41.4 Å². The number of nitrogens with zero attached hydrogens (tertiary/aromatic N) is 5. The summed E-state index contributed by atoms with van der Waals surface area (Å²) in [5.41, 5.74) is 2.37. The molecule has 6 nitrogen and oxygen atoms in total. The van der Waals surface area contributed by atoms with Gasteiger partial charge in [-0.1, -0.05) is 13.8 Å². The van der Waals surface area contributed by atoms with Gasteiger partial charge in [0, 0.05) is 30.9 Å². The molecule has 4 heterocycles. The van der Waals surface area contributed by atoms with Crippen molar-refractivity contribution in [3.8, 4) is 0 Å². The summed E-state index contributed by atoms with van der Waals surface area (Å²) in [6.45, 7) is 6.39. The Morgan fingerprint density at radius 3 is 2.72 bits per heavy atom. The smallest absolute Gasteiger partial charge is 0.175 e. The van der Waals surface area contributed by atoms with E-state index in [-0.39, 0.29) is 6.29 Å². The lowest BCUT2D eigenvalue weighted by molar-refractivity contribution is 0.123. The summed E-state index contributed by atoms with van der Waals surface area (Å²) < 4.78 is 2.99. The Morgan fingerprint density at radius 2 is 2.04 bits per heavy atom. The second-order valence-corrected chi connectivity index (χ2v) is 7.85. The number of fused-ring (bicyclic) bond motifs is 1. The molecule has 1 unspecified atom stereocenters. The van der Waals surface area contributed by atoms with Crippen molar-refractivity contribution in [1.82, 2.24) is 25.0 Å². The van der Waals surface area contributed by atoms with Crippen LogP contribution in [-0.4, -0.2) is 45.3 Å². The van der Waals surface area contributed by atoms with E-state index in [9.17, 15) is 0 Å². The number of rotatable bonds is 3. The van der Waals surface area contributed by atoms with Crippen LogP contribution in [-0.2, 0) is 0 Å². The molecule has 0 radical (unpaired) electrons. The highest BCUT2D eigenvalue weighted by molar-refractivity contribution is 9.10. The molecule has 1 N–H and O–H groups in total. The quantitative estimate of drug-likeness (QED) is 0.799. The van der Waals surface area contributed by atoms with E-state index < -0.39 is 0 Å². The number of likely N-dealkylation sites (tertiary alicyclic amines) is 1. The van der Waals surface area contributed by atoms with Crippen molar-refractivity contribution in [2.24, 2.45) is 10.9 Å². The molecule has 2 aromatic rings. The maximum atomic E-state index is 4.69. The van der Waals surface area contributed by atoms with Gasteiger partial charge in [-0.25, -0.2) is 4.98 Å². The summed E-state index contributed by atoms with van der Waals surface area (Å²) in [7, 11) is 0. The fourth-order valence-electron chi connectivity index (χ4n) is 3.51. The number of aromatic nitrogens is 3. The molecule has 0 aliphatic carbocycles. The van der Waals surface area contributed by atoms with Crippen LogP contribution in [0.3, 0.4) is 0 Å². The second-order valence-electron chi connectivity index (χ2n) is 7.04. The minimum absolute atomic E-state index is 0.0652. The first-order valence-corrected chi connectivity index (χ1v) is 9.63. The maximum absolute atomic E-state index is 4.69. The van der Waals surface area contributed by atoms with E-state index in [2.05, 4.69) is 66.0 Å². The maximum Gasteiger partial charge on any atom is 0.175 e. The zero-order valence-electron chi connectivity index (χ0n) is 14.6. The molecule has 1 saturated heterocycles. The van der Waals surface area contributed by atoms with Crippen molar-refractivity contribution in [3.63, 3.8) is 0 Å².